The van der Waals surface area contributed by atoms with E-state index in [9.17, 15) is 0 Å². The number of nitrogens with zero attached hydrogens (tertiary/aromatic N) is 4. The minimum absolute atomic E-state index is 0. The molecule has 0 aliphatic carbocycles. The van der Waals surface area contributed by atoms with E-state index < -0.39 is 0 Å². The Labute approximate surface area is 177 Å². The third-order valence-corrected chi connectivity index (χ3v) is 5.48. The smallest absolute Gasteiger partial charge is 0.193 e. The van der Waals surface area contributed by atoms with Crippen molar-refractivity contribution in [1.82, 2.24) is 24.9 Å². The molecule has 146 valence electrons. The summed E-state index contributed by atoms with van der Waals surface area (Å²) in [6, 6.07) is 0. The Bertz CT molecular complexity index is 646. The van der Waals surface area contributed by atoms with Crippen LogP contribution in [0.25, 0.3) is 4.96 Å². The Hall–Kier alpha value is -0.870. The largest absolute Gasteiger partial charge is 0.357 e. The Morgan fingerprint density at radius 1 is 1.35 bits per heavy atom. The van der Waals surface area contributed by atoms with E-state index in [2.05, 4.69) is 50.0 Å². The monoisotopic (exact) mass is 490 g/mol. The molecule has 2 N–H and O–H groups in total. The molecule has 0 radical (unpaired) electrons. The molecule has 3 rings (SSSR count). The second-order valence-electron chi connectivity index (χ2n) is 6.82. The van der Waals surface area contributed by atoms with Gasteiger partial charge in [0.05, 0.1) is 12.2 Å². The number of imidazole rings is 1. The van der Waals surface area contributed by atoms with Gasteiger partial charge in [0.25, 0.3) is 0 Å². The summed E-state index contributed by atoms with van der Waals surface area (Å²) in [5.41, 5.74) is 1.01. The summed E-state index contributed by atoms with van der Waals surface area (Å²) in [6.07, 6.45) is 7.93. The molecule has 2 aromatic heterocycles. The molecule has 1 aliphatic rings. The summed E-state index contributed by atoms with van der Waals surface area (Å²) >= 11 is 1.65. The standard InChI is InChI=1S/C18H30N6S.HI/c1-3-19-17(20-7-4-8-23-9-5-15(2)6-10-23)21-13-16-14-24-11-12-25-18(24)22-16;/h11-12,14-15H,3-10,13H2,1-2H3,(H2,19,20,21);1H. The Morgan fingerprint density at radius 2 is 2.15 bits per heavy atom. The van der Waals surface area contributed by atoms with Crippen LogP contribution in [0.15, 0.2) is 22.8 Å². The van der Waals surface area contributed by atoms with Crippen LogP contribution in [0.2, 0.25) is 0 Å². The van der Waals surface area contributed by atoms with Crippen molar-refractivity contribution in [2.75, 3.05) is 32.7 Å². The second-order valence-corrected chi connectivity index (χ2v) is 7.70. The van der Waals surface area contributed by atoms with Crippen molar-refractivity contribution >= 4 is 46.2 Å². The number of halogens is 1. The van der Waals surface area contributed by atoms with Crippen molar-refractivity contribution in [3.05, 3.63) is 23.5 Å². The predicted octanol–water partition coefficient (Wildman–Crippen LogP) is 3.19. The predicted molar refractivity (Wildman–Crippen MR) is 121 cm³/mol. The number of aromatic nitrogens is 2. The average Bonchev–Trinajstić information content (AvgIpc) is 3.19. The molecule has 26 heavy (non-hydrogen) atoms. The molecule has 0 aromatic carbocycles. The lowest BCUT2D eigenvalue weighted by atomic mass is 9.99. The van der Waals surface area contributed by atoms with Gasteiger partial charge in [0.1, 0.15) is 0 Å². The van der Waals surface area contributed by atoms with Gasteiger partial charge in [-0.05, 0) is 51.7 Å². The van der Waals surface area contributed by atoms with E-state index in [1.165, 1.54) is 32.5 Å². The highest BCUT2D eigenvalue weighted by Crippen LogP contribution is 2.15. The first-order chi connectivity index (χ1) is 12.2. The maximum absolute atomic E-state index is 4.66. The molecule has 6 nitrogen and oxygen atoms in total. The topological polar surface area (TPSA) is 57.0 Å². The molecule has 0 bridgehead atoms. The Kier molecular flexibility index (Phi) is 9.13. The number of nitrogens with one attached hydrogen (secondary N) is 2. The van der Waals surface area contributed by atoms with Crippen LogP contribution in [0.4, 0.5) is 0 Å². The molecule has 1 fully saturated rings. The van der Waals surface area contributed by atoms with Gasteiger partial charge in [-0.25, -0.2) is 9.98 Å². The minimum Gasteiger partial charge on any atom is -0.357 e. The molecule has 0 unspecified atom stereocenters. The third kappa shape index (κ3) is 6.38. The Balaban J connectivity index is 0.00000243. The second kappa shape index (κ2) is 11.1. The number of piperidine rings is 1. The lowest BCUT2D eigenvalue weighted by molar-refractivity contribution is 0.191. The molecular weight excluding hydrogens is 459 g/mol. The molecule has 0 amide bonds. The Morgan fingerprint density at radius 3 is 2.88 bits per heavy atom. The quantitative estimate of drug-likeness (QED) is 0.271. The zero-order valence-corrected chi connectivity index (χ0v) is 18.9. The number of hydrogen-bond donors (Lipinski definition) is 2. The lowest BCUT2D eigenvalue weighted by Crippen LogP contribution is -2.39. The van der Waals surface area contributed by atoms with Crippen LogP contribution in [0.3, 0.4) is 0 Å². The van der Waals surface area contributed by atoms with Crippen molar-refractivity contribution in [3.63, 3.8) is 0 Å². The molecule has 2 aromatic rings. The van der Waals surface area contributed by atoms with Crippen LogP contribution < -0.4 is 10.6 Å². The van der Waals surface area contributed by atoms with Gasteiger partial charge in [-0.15, -0.1) is 35.3 Å². The first kappa shape index (κ1) is 21.4. The van der Waals surface area contributed by atoms with E-state index >= 15 is 0 Å². The molecule has 1 aliphatic heterocycles. The molecule has 0 atom stereocenters. The van der Waals surface area contributed by atoms with Crippen LogP contribution in [0.1, 0.15) is 38.8 Å². The zero-order valence-electron chi connectivity index (χ0n) is 15.8. The highest BCUT2D eigenvalue weighted by Gasteiger charge is 2.14. The van der Waals surface area contributed by atoms with Gasteiger partial charge in [-0.2, -0.15) is 0 Å². The first-order valence-electron chi connectivity index (χ1n) is 9.40. The fraction of sp³-hybridized carbons (Fsp3) is 0.667. The minimum atomic E-state index is 0. The van der Waals surface area contributed by atoms with E-state index in [4.69, 9.17) is 0 Å². The molecule has 0 spiro atoms. The maximum Gasteiger partial charge on any atom is 0.193 e. The fourth-order valence-electron chi connectivity index (χ4n) is 3.15. The summed E-state index contributed by atoms with van der Waals surface area (Å²) in [5.74, 6) is 1.78. The zero-order chi connectivity index (χ0) is 17.5. The summed E-state index contributed by atoms with van der Waals surface area (Å²) in [6.45, 7) is 10.6. The normalized spacial score (nSPS) is 16.6. The van der Waals surface area contributed by atoms with Crippen molar-refractivity contribution in [1.29, 1.82) is 0 Å². The van der Waals surface area contributed by atoms with Crippen LogP contribution in [0.5, 0.6) is 0 Å². The van der Waals surface area contributed by atoms with Crippen molar-refractivity contribution < 1.29 is 0 Å². The number of fused-ring (bicyclic) bond motifs is 1. The van der Waals surface area contributed by atoms with Gasteiger partial charge in [-0.3, -0.25) is 4.40 Å². The van der Waals surface area contributed by atoms with E-state index in [0.717, 1.165) is 42.0 Å². The lowest BCUT2D eigenvalue weighted by Gasteiger charge is -2.30. The number of hydrogen-bond acceptors (Lipinski definition) is 4. The summed E-state index contributed by atoms with van der Waals surface area (Å²) in [5, 5.41) is 8.81. The van der Waals surface area contributed by atoms with Gasteiger partial charge >= 0.3 is 0 Å². The third-order valence-electron chi connectivity index (χ3n) is 4.71. The summed E-state index contributed by atoms with van der Waals surface area (Å²) < 4.78 is 2.05. The average molecular weight is 490 g/mol. The van der Waals surface area contributed by atoms with Gasteiger partial charge in [0.2, 0.25) is 0 Å². The fourth-order valence-corrected chi connectivity index (χ4v) is 3.87. The maximum atomic E-state index is 4.66. The number of rotatable bonds is 7. The number of guanidine groups is 1. The summed E-state index contributed by atoms with van der Waals surface area (Å²) in [4.78, 5) is 12.9. The SMILES string of the molecule is CCNC(=NCc1cn2ccsc2n1)NCCCN1CCC(C)CC1.I. The van der Waals surface area contributed by atoms with E-state index in [0.29, 0.717) is 6.54 Å². The van der Waals surface area contributed by atoms with Crippen LogP contribution in [0, 0.1) is 5.92 Å². The first-order valence-corrected chi connectivity index (χ1v) is 10.3. The number of aliphatic imine (C=N–C) groups is 1. The highest BCUT2D eigenvalue weighted by molar-refractivity contribution is 14.0. The van der Waals surface area contributed by atoms with Gasteiger partial charge < -0.3 is 15.5 Å². The van der Waals surface area contributed by atoms with E-state index in [1.54, 1.807) is 11.3 Å². The highest BCUT2D eigenvalue weighted by atomic mass is 127. The molecular formula is C18H31IN6S. The molecule has 3 heterocycles. The summed E-state index contributed by atoms with van der Waals surface area (Å²) in [7, 11) is 0. The van der Waals surface area contributed by atoms with E-state index in [1.807, 2.05) is 11.6 Å². The molecule has 8 heteroatoms. The van der Waals surface area contributed by atoms with Crippen molar-refractivity contribution in [2.45, 2.75) is 39.7 Å². The molecule has 1 saturated heterocycles. The number of thiazole rings is 1. The van der Waals surface area contributed by atoms with Gasteiger partial charge in [-0.1, -0.05) is 6.92 Å². The van der Waals surface area contributed by atoms with Gasteiger partial charge in [0, 0.05) is 30.9 Å². The van der Waals surface area contributed by atoms with Crippen LogP contribution in [-0.2, 0) is 6.54 Å². The van der Waals surface area contributed by atoms with E-state index in [-0.39, 0.29) is 24.0 Å². The van der Waals surface area contributed by atoms with Gasteiger partial charge in [0.15, 0.2) is 10.9 Å². The van der Waals surface area contributed by atoms with Crippen molar-refractivity contribution in [2.24, 2.45) is 10.9 Å². The number of likely N-dealkylation sites (tertiary alicyclic amines) is 1. The van der Waals surface area contributed by atoms with Crippen LogP contribution >= 0.6 is 35.3 Å². The van der Waals surface area contributed by atoms with Crippen LogP contribution in [-0.4, -0.2) is 53.0 Å². The molecule has 0 saturated carbocycles. The van der Waals surface area contributed by atoms with Crippen molar-refractivity contribution in [3.8, 4) is 0 Å².